The second kappa shape index (κ2) is 3.80. The fourth-order valence-electron chi connectivity index (χ4n) is 2.04. The monoisotopic (exact) mass is 204 g/mol. The predicted molar refractivity (Wildman–Crippen MR) is 60.2 cm³/mol. The third-order valence-electron chi connectivity index (χ3n) is 2.94. The van der Waals surface area contributed by atoms with Crippen LogP contribution in [0.1, 0.15) is 31.1 Å². The third-order valence-corrected chi connectivity index (χ3v) is 2.94. The first-order valence-electron chi connectivity index (χ1n) is 5.28. The summed E-state index contributed by atoms with van der Waals surface area (Å²) in [5.74, 6) is 0.253. The maximum absolute atomic E-state index is 9.96. The van der Waals surface area contributed by atoms with Gasteiger partial charge in [-0.1, -0.05) is 44.2 Å². The Labute approximate surface area is 89.9 Å². The standard InChI is InChI=1S/C13H16O2/c1-8(2)11-7-9-5-3-4-6-10(9)12(14)13(11)15/h3-8,12-15H,1-2H3/t12-,13+/m0/s1. The smallest absolute Gasteiger partial charge is 0.109 e. The molecule has 2 rings (SSSR count). The largest absolute Gasteiger partial charge is 0.386 e. The summed E-state index contributed by atoms with van der Waals surface area (Å²) in [7, 11) is 0. The van der Waals surface area contributed by atoms with Gasteiger partial charge in [0.15, 0.2) is 0 Å². The average Bonchev–Trinajstić information content (AvgIpc) is 2.23. The highest BCUT2D eigenvalue weighted by Gasteiger charge is 2.29. The van der Waals surface area contributed by atoms with Crippen LogP contribution in [-0.4, -0.2) is 16.3 Å². The Bertz CT molecular complexity index is 393. The van der Waals surface area contributed by atoms with Crippen molar-refractivity contribution in [3.8, 4) is 0 Å². The van der Waals surface area contributed by atoms with Gasteiger partial charge in [0.25, 0.3) is 0 Å². The fourth-order valence-corrected chi connectivity index (χ4v) is 2.04. The van der Waals surface area contributed by atoms with Crippen LogP contribution in [-0.2, 0) is 0 Å². The molecule has 0 aromatic heterocycles. The molecule has 1 aliphatic carbocycles. The van der Waals surface area contributed by atoms with Crippen LogP contribution in [0.3, 0.4) is 0 Å². The zero-order chi connectivity index (χ0) is 11.0. The van der Waals surface area contributed by atoms with E-state index in [4.69, 9.17) is 0 Å². The van der Waals surface area contributed by atoms with Crippen LogP contribution >= 0.6 is 0 Å². The Kier molecular flexibility index (Phi) is 2.63. The Morgan fingerprint density at radius 2 is 1.73 bits per heavy atom. The molecule has 2 atom stereocenters. The molecule has 15 heavy (non-hydrogen) atoms. The van der Waals surface area contributed by atoms with Crippen molar-refractivity contribution in [1.29, 1.82) is 0 Å². The van der Waals surface area contributed by atoms with E-state index in [-0.39, 0.29) is 5.92 Å². The SMILES string of the molecule is CC(C)C1=Cc2ccccc2[C@H](O)[C@@H]1O. The van der Waals surface area contributed by atoms with Crippen molar-refractivity contribution in [1.82, 2.24) is 0 Å². The molecule has 0 bridgehead atoms. The summed E-state index contributed by atoms with van der Waals surface area (Å²) < 4.78 is 0. The highest BCUT2D eigenvalue weighted by atomic mass is 16.3. The Hall–Kier alpha value is -1.12. The summed E-state index contributed by atoms with van der Waals surface area (Å²) in [5.41, 5.74) is 2.73. The van der Waals surface area contributed by atoms with Gasteiger partial charge >= 0.3 is 0 Å². The molecule has 1 aliphatic rings. The Balaban J connectivity index is 2.52. The summed E-state index contributed by atoms with van der Waals surface area (Å²) in [6.45, 7) is 4.05. The zero-order valence-corrected chi connectivity index (χ0v) is 9.01. The fraction of sp³-hybridized carbons (Fsp3) is 0.385. The molecule has 80 valence electrons. The number of aliphatic hydroxyl groups excluding tert-OH is 2. The van der Waals surface area contributed by atoms with E-state index < -0.39 is 12.2 Å². The lowest BCUT2D eigenvalue weighted by atomic mass is 9.83. The molecule has 2 heteroatoms. The van der Waals surface area contributed by atoms with Crippen LogP contribution in [0.25, 0.3) is 6.08 Å². The molecule has 0 fully saturated rings. The van der Waals surface area contributed by atoms with E-state index in [1.165, 1.54) is 0 Å². The molecule has 0 spiro atoms. The van der Waals surface area contributed by atoms with E-state index in [1.54, 1.807) is 0 Å². The lowest BCUT2D eigenvalue weighted by Crippen LogP contribution is -2.26. The van der Waals surface area contributed by atoms with Crippen LogP contribution < -0.4 is 0 Å². The Morgan fingerprint density at radius 3 is 2.40 bits per heavy atom. The predicted octanol–water partition coefficient (Wildman–Crippen LogP) is 2.13. The van der Waals surface area contributed by atoms with Gasteiger partial charge in [-0.3, -0.25) is 0 Å². The summed E-state index contributed by atoms with van der Waals surface area (Å²) in [6, 6.07) is 7.64. The maximum atomic E-state index is 9.96. The van der Waals surface area contributed by atoms with Gasteiger partial charge < -0.3 is 10.2 Å². The van der Waals surface area contributed by atoms with Crippen LogP contribution in [0.5, 0.6) is 0 Å². The van der Waals surface area contributed by atoms with E-state index >= 15 is 0 Å². The maximum Gasteiger partial charge on any atom is 0.109 e. The van der Waals surface area contributed by atoms with Crippen molar-refractivity contribution in [2.75, 3.05) is 0 Å². The molecule has 0 unspecified atom stereocenters. The normalized spacial score (nSPS) is 25.0. The quantitative estimate of drug-likeness (QED) is 0.735. The first-order valence-corrected chi connectivity index (χ1v) is 5.28. The highest BCUT2D eigenvalue weighted by Crippen LogP contribution is 2.34. The first-order chi connectivity index (χ1) is 7.11. The second-order valence-electron chi connectivity index (χ2n) is 4.32. The molecule has 1 aromatic rings. The minimum absolute atomic E-state index is 0.253. The van der Waals surface area contributed by atoms with E-state index in [0.29, 0.717) is 0 Å². The zero-order valence-electron chi connectivity index (χ0n) is 9.01. The second-order valence-corrected chi connectivity index (χ2v) is 4.32. The summed E-state index contributed by atoms with van der Waals surface area (Å²) in [6.07, 6.45) is 0.431. The van der Waals surface area contributed by atoms with E-state index in [0.717, 1.165) is 16.7 Å². The lowest BCUT2D eigenvalue weighted by molar-refractivity contribution is 0.0350. The van der Waals surface area contributed by atoms with Crippen molar-refractivity contribution in [3.05, 3.63) is 41.0 Å². The van der Waals surface area contributed by atoms with Crippen molar-refractivity contribution in [2.24, 2.45) is 5.92 Å². The molecule has 2 nitrogen and oxygen atoms in total. The molecule has 0 saturated carbocycles. The van der Waals surface area contributed by atoms with Gasteiger partial charge in [-0.15, -0.1) is 0 Å². The number of benzene rings is 1. The highest BCUT2D eigenvalue weighted by molar-refractivity contribution is 5.62. The number of fused-ring (bicyclic) bond motifs is 1. The van der Waals surface area contributed by atoms with Crippen LogP contribution in [0.15, 0.2) is 29.8 Å². The van der Waals surface area contributed by atoms with Crippen LogP contribution in [0.4, 0.5) is 0 Å². The number of hydrogen-bond acceptors (Lipinski definition) is 2. The topological polar surface area (TPSA) is 40.5 Å². The molecule has 2 N–H and O–H groups in total. The average molecular weight is 204 g/mol. The van der Waals surface area contributed by atoms with Gasteiger partial charge in [-0.05, 0) is 22.6 Å². The minimum atomic E-state index is -0.788. The van der Waals surface area contributed by atoms with Crippen molar-refractivity contribution in [3.63, 3.8) is 0 Å². The molecule has 0 heterocycles. The first kappa shape index (κ1) is 10.4. The summed E-state index contributed by atoms with van der Waals surface area (Å²) in [5, 5.41) is 19.9. The van der Waals surface area contributed by atoms with Crippen LogP contribution in [0, 0.1) is 5.92 Å². The van der Waals surface area contributed by atoms with Crippen molar-refractivity contribution < 1.29 is 10.2 Å². The minimum Gasteiger partial charge on any atom is -0.386 e. The number of hydrogen-bond donors (Lipinski definition) is 2. The molecular weight excluding hydrogens is 188 g/mol. The number of aliphatic hydroxyl groups is 2. The van der Waals surface area contributed by atoms with E-state index in [2.05, 4.69) is 0 Å². The van der Waals surface area contributed by atoms with E-state index in [1.807, 2.05) is 44.2 Å². The van der Waals surface area contributed by atoms with Gasteiger partial charge in [-0.25, -0.2) is 0 Å². The third kappa shape index (κ3) is 1.71. The van der Waals surface area contributed by atoms with Gasteiger partial charge in [0.05, 0.1) is 0 Å². The molecule has 0 saturated heterocycles. The molecule has 1 aromatic carbocycles. The summed E-state index contributed by atoms with van der Waals surface area (Å²) in [4.78, 5) is 0. The van der Waals surface area contributed by atoms with Gasteiger partial charge in [0.1, 0.15) is 12.2 Å². The molecule has 0 amide bonds. The lowest BCUT2D eigenvalue weighted by Gasteiger charge is -2.29. The van der Waals surface area contributed by atoms with Crippen LogP contribution in [0.2, 0.25) is 0 Å². The molecular formula is C13H16O2. The Morgan fingerprint density at radius 1 is 1.07 bits per heavy atom. The van der Waals surface area contributed by atoms with Crippen molar-refractivity contribution in [2.45, 2.75) is 26.1 Å². The number of rotatable bonds is 1. The summed E-state index contributed by atoms with van der Waals surface area (Å²) >= 11 is 0. The van der Waals surface area contributed by atoms with Gasteiger partial charge in [0, 0.05) is 0 Å². The van der Waals surface area contributed by atoms with E-state index in [9.17, 15) is 10.2 Å². The molecule has 0 radical (unpaired) electrons. The van der Waals surface area contributed by atoms with Crippen molar-refractivity contribution >= 4 is 6.08 Å². The molecule has 0 aliphatic heterocycles. The van der Waals surface area contributed by atoms with Gasteiger partial charge in [-0.2, -0.15) is 0 Å². The van der Waals surface area contributed by atoms with Gasteiger partial charge in [0.2, 0.25) is 0 Å².